The molecule has 130 valence electrons. The number of amides is 1. The molecule has 1 fully saturated rings. The van der Waals surface area contributed by atoms with Crippen LogP contribution in [-0.4, -0.2) is 68.3 Å². The highest BCUT2D eigenvalue weighted by Crippen LogP contribution is 2.31. The Morgan fingerprint density at radius 1 is 1.35 bits per heavy atom. The molecule has 0 bridgehead atoms. The Hall–Kier alpha value is -1.25. The number of carbonyl (C=O) groups is 1. The van der Waals surface area contributed by atoms with Crippen LogP contribution in [0.4, 0.5) is 8.78 Å². The fourth-order valence-corrected chi connectivity index (χ4v) is 3.59. The van der Waals surface area contributed by atoms with Crippen LogP contribution in [0.25, 0.3) is 0 Å². The van der Waals surface area contributed by atoms with Gasteiger partial charge in [-0.25, -0.2) is 0 Å². The lowest BCUT2D eigenvalue weighted by Crippen LogP contribution is -2.52. The molecule has 1 unspecified atom stereocenters. The third-order valence-corrected chi connectivity index (χ3v) is 4.88. The molecular weight excluding hydrogens is 326 g/mol. The van der Waals surface area contributed by atoms with Crippen LogP contribution in [0.1, 0.15) is 21.5 Å². The molecule has 0 aliphatic carbocycles. The summed E-state index contributed by atoms with van der Waals surface area (Å²) in [5.74, 6) is -0.263. The molecular formula is C15H22F2N2O3S. The van der Waals surface area contributed by atoms with Crippen molar-refractivity contribution in [3.05, 3.63) is 15.8 Å². The number of nitrogens with zero attached hydrogens (tertiary/aromatic N) is 2. The Morgan fingerprint density at radius 3 is 2.57 bits per heavy atom. The van der Waals surface area contributed by atoms with Crippen molar-refractivity contribution in [1.29, 1.82) is 0 Å². The van der Waals surface area contributed by atoms with Crippen LogP contribution < -0.4 is 4.74 Å². The normalized spacial score (nSPS) is 17.6. The van der Waals surface area contributed by atoms with Crippen molar-refractivity contribution in [3.8, 4) is 5.75 Å². The quantitative estimate of drug-likeness (QED) is 0.792. The lowest BCUT2D eigenvalue weighted by Gasteiger charge is -2.37. The van der Waals surface area contributed by atoms with Crippen LogP contribution in [0, 0.1) is 6.92 Å². The minimum absolute atomic E-state index is 0.0253. The van der Waals surface area contributed by atoms with Gasteiger partial charge < -0.3 is 14.4 Å². The maximum atomic E-state index is 12.6. The second-order valence-corrected chi connectivity index (χ2v) is 6.82. The highest BCUT2D eigenvalue weighted by atomic mass is 32.1. The molecule has 1 atom stereocenters. The summed E-state index contributed by atoms with van der Waals surface area (Å²) in [6.07, 6.45) is 0. The lowest BCUT2D eigenvalue weighted by molar-refractivity contribution is -0.0500. The van der Waals surface area contributed by atoms with Gasteiger partial charge in [0.15, 0.2) is 0 Å². The molecule has 5 nitrogen and oxygen atoms in total. The second kappa shape index (κ2) is 8.03. The number of halogens is 2. The number of alkyl halides is 2. The van der Waals surface area contributed by atoms with Crippen LogP contribution >= 0.6 is 11.3 Å². The Bertz CT molecular complexity index is 531. The molecule has 1 saturated heterocycles. The Labute approximate surface area is 138 Å². The summed E-state index contributed by atoms with van der Waals surface area (Å²) in [6.45, 7) is 4.18. The molecule has 23 heavy (non-hydrogen) atoms. The van der Waals surface area contributed by atoms with Gasteiger partial charge >= 0.3 is 6.61 Å². The van der Waals surface area contributed by atoms with Crippen molar-refractivity contribution in [3.63, 3.8) is 0 Å². The van der Waals surface area contributed by atoms with Crippen LogP contribution in [0.2, 0.25) is 0 Å². The van der Waals surface area contributed by atoms with E-state index in [2.05, 4.69) is 16.6 Å². The summed E-state index contributed by atoms with van der Waals surface area (Å²) in [5, 5.41) is 0. The van der Waals surface area contributed by atoms with Gasteiger partial charge in [-0.3, -0.25) is 9.69 Å². The van der Waals surface area contributed by atoms with Gasteiger partial charge in [-0.05, 0) is 19.9 Å². The molecule has 8 heteroatoms. The van der Waals surface area contributed by atoms with Gasteiger partial charge in [0, 0.05) is 44.2 Å². The molecule has 1 aromatic rings. The molecule has 1 aliphatic heterocycles. The maximum Gasteiger partial charge on any atom is 0.387 e. The molecule has 0 spiro atoms. The lowest BCUT2D eigenvalue weighted by atomic mass is 10.2. The number of aryl methyl sites for hydroxylation is 1. The molecule has 1 aliphatic rings. The Morgan fingerprint density at radius 2 is 2.00 bits per heavy atom. The molecule has 2 rings (SSSR count). The number of hydrogen-bond donors (Lipinski definition) is 0. The number of carbonyl (C=O) groups excluding carboxylic acids is 1. The van der Waals surface area contributed by atoms with Gasteiger partial charge in [0.25, 0.3) is 5.91 Å². The number of rotatable bonds is 6. The van der Waals surface area contributed by atoms with E-state index in [4.69, 9.17) is 4.74 Å². The first-order chi connectivity index (χ1) is 10.9. The van der Waals surface area contributed by atoms with E-state index in [1.807, 2.05) is 0 Å². The van der Waals surface area contributed by atoms with Gasteiger partial charge in [0.05, 0.1) is 6.61 Å². The molecule has 0 aromatic carbocycles. The summed E-state index contributed by atoms with van der Waals surface area (Å²) >= 11 is 1.19. The topological polar surface area (TPSA) is 42.0 Å². The van der Waals surface area contributed by atoms with E-state index in [-0.39, 0.29) is 16.5 Å². The summed E-state index contributed by atoms with van der Waals surface area (Å²) in [5.41, 5.74) is 0. The monoisotopic (exact) mass is 348 g/mol. The van der Waals surface area contributed by atoms with Gasteiger partial charge in [-0.15, -0.1) is 11.3 Å². The first-order valence-electron chi connectivity index (χ1n) is 7.50. The number of methoxy groups -OCH3 is 1. The standard InChI is InChI=1S/C15H22F2N2O3S/c1-10(9-21-3)18-4-6-19(7-5-18)14(20)13-12(22-15(16)17)8-11(2)23-13/h8,10,15H,4-7,9H2,1-3H3. The fourth-order valence-electron chi connectivity index (χ4n) is 2.68. The first-order valence-corrected chi connectivity index (χ1v) is 8.31. The van der Waals surface area contributed by atoms with E-state index in [0.717, 1.165) is 18.0 Å². The fraction of sp³-hybridized carbons (Fsp3) is 0.667. The first kappa shape index (κ1) is 18.1. The molecule has 1 amide bonds. The van der Waals surface area contributed by atoms with E-state index in [1.54, 1.807) is 18.9 Å². The number of piperazine rings is 1. The van der Waals surface area contributed by atoms with E-state index in [1.165, 1.54) is 17.4 Å². The smallest absolute Gasteiger partial charge is 0.387 e. The van der Waals surface area contributed by atoms with E-state index < -0.39 is 6.61 Å². The van der Waals surface area contributed by atoms with Crippen molar-refractivity contribution in [1.82, 2.24) is 9.80 Å². The van der Waals surface area contributed by atoms with Crippen molar-refractivity contribution in [2.24, 2.45) is 0 Å². The van der Waals surface area contributed by atoms with Gasteiger partial charge in [0.1, 0.15) is 10.6 Å². The third-order valence-electron chi connectivity index (χ3n) is 3.86. The summed E-state index contributed by atoms with van der Waals surface area (Å²) in [6, 6.07) is 1.78. The highest BCUT2D eigenvalue weighted by Gasteiger charge is 2.28. The van der Waals surface area contributed by atoms with Crippen LogP contribution in [0.3, 0.4) is 0 Å². The summed E-state index contributed by atoms with van der Waals surface area (Å²) in [4.78, 5) is 17.6. The zero-order valence-corrected chi connectivity index (χ0v) is 14.4. The molecule has 0 radical (unpaired) electrons. The predicted molar refractivity (Wildman–Crippen MR) is 84.5 cm³/mol. The predicted octanol–water partition coefficient (Wildman–Crippen LogP) is 2.45. The molecule has 0 N–H and O–H groups in total. The van der Waals surface area contributed by atoms with Gasteiger partial charge in [-0.1, -0.05) is 0 Å². The zero-order valence-electron chi connectivity index (χ0n) is 13.6. The average Bonchev–Trinajstić information content (AvgIpc) is 2.86. The van der Waals surface area contributed by atoms with E-state index in [0.29, 0.717) is 25.7 Å². The van der Waals surface area contributed by atoms with Gasteiger partial charge in [-0.2, -0.15) is 8.78 Å². The number of hydrogen-bond acceptors (Lipinski definition) is 5. The van der Waals surface area contributed by atoms with Crippen LogP contribution in [0.15, 0.2) is 6.07 Å². The van der Waals surface area contributed by atoms with Crippen molar-refractivity contribution >= 4 is 17.2 Å². The van der Waals surface area contributed by atoms with Crippen molar-refractivity contribution < 1.29 is 23.0 Å². The summed E-state index contributed by atoms with van der Waals surface area (Å²) in [7, 11) is 1.67. The Kier molecular flexibility index (Phi) is 6.32. The van der Waals surface area contributed by atoms with E-state index >= 15 is 0 Å². The second-order valence-electron chi connectivity index (χ2n) is 5.56. The summed E-state index contributed by atoms with van der Waals surface area (Å²) < 4.78 is 34.6. The largest absolute Gasteiger partial charge is 0.433 e. The number of ether oxygens (including phenoxy) is 2. The zero-order chi connectivity index (χ0) is 17.0. The SMILES string of the molecule is COCC(C)N1CCN(C(=O)c2sc(C)cc2OC(F)F)CC1. The number of thiophene rings is 1. The van der Waals surface area contributed by atoms with Gasteiger partial charge in [0.2, 0.25) is 0 Å². The maximum absolute atomic E-state index is 12.6. The third kappa shape index (κ3) is 4.62. The van der Waals surface area contributed by atoms with E-state index in [9.17, 15) is 13.6 Å². The molecule has 0 saturated carbocycles. The highest BCUT2D eigenvalue weighted by molar-refractivity contribution is 7.14. The van der Waals surface area contributed by atoms with Crippen LogP contribution in [-0.2, 0) is 4.74 Å². The van der Waals surface area contributed by atoms with Crippen molar-refractivity contribution in [2.45, 2.75) is 26.5 Å². The van der Waals surface area contributed by atoms with Crippen LogP contribution in [0.5, 0.6) is 5.75 Å². The Balaban J connectivity index is 2.00. The average molecular weight is 348 g/mol. The minimum Gasteiger partial charge on any atom is -0.433 e. The van der Waals surface area contributed by atoms with Crippen molar-refractivity contribution in [2.75, 3.05) is 39.9 Å². The molecule has 2 heterocycles. The molecule has 1 aromatic heterocycles. The minimum atomic E-state index is -2.93.